The SMILES string of the molecule is CCCCCCCCC/C=C\CCCCCCCC(=O)NC(COC1OC(CO)C(O)C(OS(=O)(=O)O)C1O)C(O)CCCCCCCCCCCC. The van der Waals surface area contributed by atoms with Gasteiger partial charge in [-0.15, -0.1) is 0 Å². The summed E-state index contributed by atoms with van der Waals surface area (Å²) < 4.78 is 47.4. The van der Waals surface area contributed by atoms with Gasteiger partial charge >= 0.3 is 10.4 Å². The van der Waals surface area contributed by atoms with E-state index < -0.39 is 59.9 Å². The highest BCUT2D eigenvalue weighted by atomic mass is 32.3. The van der Waals surface area contributed by atoms with E-state index in [1.54, 1.807) is 0 Å². The second-order valence-electron chi connectivity index (χ2n) is 14.9. The van der Waals surface area contributed by atoms with Crippen molar-refractivity contribution >= 4 is 16.3 Å². The first kappa shape index (κ1) is 49.9. The largest absolute Gasteiger partial charge is 0.397 e. The first-order chi connectivity index (χ1) is 25.5. The zero-order valence-electron chi connectivity index (χ0n) is 33.1. The Morgan fingerprint density at radius 3 is 1.70 bits per heavy atom. The minimum atomic E-state index is -5.07. The lowest BCUT2D eigenvalue weighted by Crippen LogP contribution is -2.61. The van der Waals surface area contributed by atoms with Crippen molar-refractivity contribution in [3.8, 4) is 0 Å². The molecule has 0 radical (unpaired) electrons. The van der Waals surface area contributed by atoms with Gasteiger partial charge in [-0.05, 0) is 38.5 Å². The van der Waals surface area contributed by atoms with E-state index in [-0.39, 0.29) is 18.9 Å². The van der Waals surface area contributed by atoms with Crippen LogP contribution in [-0.2, 0) is 28.9 Å². The Hall–Kier alpha value is -1.16. The van der Waals surface area contributed by atoms with Crippen LogP contribution in [0.2, 0.25) is 0 Å². The fraction of sp³-hybridized carbons (Fsp3) is 0.925. The van der Waals surface area contributed by atoms with Crippen molar-refractivity contribution in [2.45, 2.75) is 224 Å². The first-order valence-electron chi connectivity index (χ1n) is 21.1. The molecule has 0 aromatic carbocycles. The number of rotatable bonds is 35. The lowest BCUT2D eigenvalue weighted by Gasteiger charge is -2.41. The van der Waals surface area contributed by atoms with Gasteiger partial charge in [0.2, 0.25) is 5.91 Å². The number of unbranched alkanes of at least 4 members (excludes halogenated alkanes) is 21. The second-order valence-corrected chi connectivity index (χ2v) is 16.0. The summed E-state index contributed by atoms with van der Waals surface area (Å²) in [6.45, 7) is 3.40. The zero-order valence-corrected chi connectivity index (χ0v) is 33.9. The summed E-state index contributed by atoms with van der Waals surface area (Å²) in [5.41, 5.74) is 0. The first-order valence-corrected chi connectivity index (χ1v) is 22.4. The molecule has 1 rings (SSSR count). The molecule has 12 nitrogen and oxygen atoms in total. The quantitative estimate of drug-likeness (QED) is 0.0216. The highest BCUT2D eigenvalue weighted by Gasteiger charge is 2.48. The third-order valence-electron chi connectivity index (χ3n) is 10.1. The Morgan fingerprint density at radius 1 is 0.736 bits per heavy atom. The Kier molecular flexibility index (Phi) is 30.1. The van der Waals surface area contributed by atoms with E-state index in [0.29, 0.717) is 12.8 Å². The molecular formula is C40H77NO11S. The molecule has 7 atom stereocenters. The van der Waals surface area contributed by atoms with Crippen molar-refractivity contribution in [1.29, 1.82) is 0 Å². The molecule has 1 aliphatic rings. The fourth-order valence-corrected chi connectivity index (χ4v) is 7.25. The summed E-state index contributed by atoms with van der Waals surface area (Å²) in [5, 5.41) is 44.6. The normalized spacial score (nSPS) is 22.0. The predicted octanol–water partition coefficient (Wildman–Crippen LogP) is 7.21. The Morgan fingerprint density at radius 2 is 1.21 bits per heavy atom. The van der Waals surface area contributed by atoms with Gasteiger partial charge in [0.05, 0.1) is 25.4 Å². The smallest absolute Gasteiger partial charge is 0.394 e. The summed E-state index contributed by atoms with van der Waals surface area (Å²) in [6.07, 6.45) is 23.7. The molecule has 0 aromatic rings. The molecule has 13 heteroatoms. The minimum absolute atomic E-state index is 0.240. The topological polar surface area (TPSA) is 192 Å². The van der Waals surface area contributed by atoms with Crippen LogP contribution in [-0.4, -0.2) is 95.4 Å². The predicted molar refractivity (Wildman–Crippen MR) is 209 cm³/mol. The third kappa shape index (κ3) is 25.6. The van der Waals surface area contributed by atoms with Gasteiger partial charge in [0.1, 0.15) is 24.4 Å². The van der Waals surface area contributed by atoms with Gasteiger partial charge in [-0.25, -0.2) is 4.18 Å². The fourth-order valence-electron chi connectivity index (χ4n) is 6.75. The number of allylic oxidation sites excluding steroid dienone is 2. The molecule has 1 saturated heterocycles. The van der Waals surface area contributed by atoms with Crippen LogP contribution in [0.4, 0.5) is 0 Å². The molecule has 0 aromatic heterocycles. The van der Waals surface area contributed by atoms with E-state index >= 15 is 0 Å². The number of amides is 1. The number of carbonyl (C=O) groups is 1. The van der Waals surface area contributed by atoms with Gasteiger partial charge in [0.15, 0.2) is 6.29 Å². The molecule has 1 amide bonds. The zero-order chi connectivity index (χ0) is 39.2. The highest BCUT2D eigenvalue weighted by molar-refractivity contribution is 7.80. The molecule has 7 unspecified atom stereocenters. The van der Waals surface area contributed by atoms with E-state index in [2.05, 4.69) is 35.5 Å². The van der Waals surface area contributed by atoms with Gasteiger partial charge in [-0.2, -0.15) is 8.42 Å². The summed E-state index contributed by atoms with van der Waals surface area (Å²) >= 11 is 0. The van der Waals surface area contributed by atoms with Crippen molar-refractivity contribution in [3.05, 3.63) is 12.2 Å². The number of ether oxygens (including phenoxy) is 2. The van der Waals surface area contributed by atoms with Crippen LogP contribution in [0.15, 0.2) is 12.2 Å². The van der Waals surface area contributed by atoms with E-state index in [9.17, 15) is 33.6 Å². The van der Waals surface area contributed by atoms with Gasteiger partial charge in [0.25, 0.3) is 0 Å². The number of carbonyl (C=O) groups excluding carboxylic acids is 1. The molecule has 0 spiro atoms. The summed E-state index contributed by atoms with van der Waals surface area (Å²) in [6, 6.07) is -0.856. The summed E-state index contributed by atoms with van der Waals surface area (Å²) in [5.74, 6) is -0.240. The molecule has 0 aliphatic carbocycles. The van der Waals surface area contributed by atoms with Crippen LogP contribution >= 0.6 is 0 Å². The minimum Gasteiger partial charge on any atom is -0.394 e. The van der Waals surface area contributed by atoms with E-state index in [4.69, 9.17) is 14.0 Å². The maximum absolute atomic E-state index is 13.0. The van der Waals surface area contributed by atoms with Crippen molar-refractivity contribution in [2.75, 3.05) is 13.2 Å². The van der Waals surface area contributed by atoms with Gasteiger partial charge < -0.3 is 35.2 Å². The molecule has 0 bridgehead atoms. The van der Waals surface area contributed by atoms with Gasteiger partial charge in [-0.1, -0.05) is 148 Å². The second kappa shape index (κ2) is 32.0. The molecule has 1 aliphatic heterocycles. The molecule has 53 heavy (non-hydrogen) atoms. The Balaban J connectivity index is 2.54. The van der Waals surface area contributed by atoms with Crippen LogP contribution in [0, 0.1) is 0 Å². The van der Waals surface area contributed by atoms with Crippen molar-refractivity contribution in [3.63, 3.8) is 0 Å². The number of aliphatic hydroxyl groups excluding tert-OH is 4. The molecule has 6 N–H and O–H groups in total. The third-order valence-corrected chi connectivity index (χ3v) is 10.5. The van der Waals surface area contributed by atoms with Crippen LogP contribution in [0.3, 0.4) is 0 Å². The van der Waals surface area contributed by atoms with E-state index in [1.165, 1.54) is 83.5 Å². The number of nitrogens with one attached hydrogen (secondary N) is 1. The Bertz CT molecular complexity index is 1010. The summed E-state index contributed by atoms with van der Waals surface area (Å²) in [7, 11) is -5.07. The molecular weight excluding hydrogens is 703 g/mol. The molecule has 1 heterocycles. The number of hydrogen-bond donors (Lipinski definition) is 6. The van der Waals surface area contributed by atoms with Crippen molar-refractivity contribution in [2.24, 2.45) is 0 Å². The monoisotopic (exact) mass is 780 g/mol. The van der Waals surface area contributed by atoms with Crippen LogP contribution < -0.4 is 5.32 Å². The van der Waals surface area contributed by atoms with E-state index in [0.717, 1.165) is 64.2 Å². The molecule has 0 saturated carbocycles. The lowest BCUT2D eigenvalue weighted by atomic mass is 9.99. The maximum Gasteiger partial charge on any atom is 0.397 e. The van der Waals surface area contributed by atoms with Crippen LogP contribution in [0.1, 0.15) is 181 Å². The average Bonchev–Trinajstić information content (AvgIpc) is 3.12. The van der Waals surface area contributed by atoms with Crippen molar-refractivity contribution < 1.29 is 51.8 Å². The number of aliphatic hydroxyl groups is 4. The van der Waals surface area contributed by atoms with Gasteiger partial charge in [0, 0.05) is 6.42 Å². The Labute approximate surface area is 321 Å². The summed E-state index contributed by atoms with van der Waals surface area (Å²) in [4.78, 5) is 13.0. The lowest BCUT2D eigenvalue weighted by molar-refractivity contribution is -0.298. The van der Waals surface area contributed by atoms with Crippen molar-refractivity contribution in [1.82, 2.24) is 5.32 Å². The molecule has 314 valence electrons. The standard InChI is InChI=1S/C40H77NO11S/c1-3-5-7-9-11-13-15-16-17-18-19-20-22-24-26-28-30-36(44)41-33(34(43)29-27-25-23-21-14-12-10-8-6-4-2)32-50-40-38(46)39(52-53(47,48)49)37(45)35(31-42)51-40/h17-18,33-35,37-40,42-43,45-46H,3-16,19-32H2,1-2H3,(H,41,44)(H,47,48,49)/b18-17-. The average molecular weight is 780 g/mol. The van der Waals surface area contributed by atoms with Crippen LogP contribution in [0.25, 0.3) is 0 Å². The van der Waals surface area contributed by atoms with E-state index in [1.807, 2.05) is 0 Å². The maximum atomic E-state index is 13.0. The number of hydrogen-bond acceptors (Lipinski definition) is 10. The highest BCUT2D eigenvalue weighted by Crippen LogP contribution is 2.26. The van der Waals surface area contributed by atoms with Gasteiger partial charge in [-0.3, -0.25) is 9.35 Å². The molecule has 1 fully saturated rings. The van der Waals surface area contributed by atoms with Crippen LogP contribution in [0.5, 0.6) is 0 Å².